The van der Waals surface area contributed by atoms with Crippen molar-refractivity contribution in [1.29, 1.82) is 0 Å². The highest BCUT2D eigenvalue weighted by Gasteiger charge is 2.27. The number of carbonyl (C=O) groups excluding carboxylic acids is 2. The molecule has 0 bridgehead atoms. The van der Waals surface area contributed by atoms with E-state index in [1.807, 2.05) is 83.8 Å². The van der Waals surface area contributed by atoms with Crippen molar-refractivity contribution in [1.82, 2.24) is 0 Å². The first-order chi connectivity index (χ1) is 24.9. The zero-order chi connectivity index (χ0) is 36.0. The molecule has 264 valence electrons. The van der Waals surface area contributed by atoms with Gasteiger partial charge >= 0.3 is 0 Å². The largest absolute Gasteiger partial charge is 1.00 e. The minimum atomic E-state index is 0. The van der Waals surface area contributed by atoms with Gasteiger partial charge < -0.3 is 21.9 Å². The fraction of sp³-hybridized carbons (Fsp3) is 0.114. The fourth-order valence-corrected chi connectivity index (χ4v) is 8.17. The first kappa shape index (κ1) is 40.4. The van der Waals surface area contributed by atoms with Crippen LogP contribution in [0.15, 0.2) is 175 Å². The number of thioether (sulfide) groups is 1. The summed E-state index contributed by atoms with van der Waals surface area (Å²) in [5.74, 6) is 0.246. The van der Waals surface area contributed by atoms with Gasteiger partial charge in [-0.15, -0.1) is 0 Å². The molecule has 7 aromatic rings. The number of fused-ring (bicyclic) bond motifs is 2. The molecule has 0 aliphatic carbocycles. The maximum Gasteiger partial charge on any atom is 0.269 e. The lowest BCUT2D eigenvalue weighted by Gasteiger charge is -2.21. The second-order valence-corrected chi connectivity index (χ2v) is 14.3. The maximum atomic E-state index is 11.0. The quantitative estimate of drug-likeness (QED) is 0.0991. The SMILES string of the molecule is CC(=O)c1ccccc1.CN1c2ccccc2SC1c1ccccc1.C[n+]1c(-c2ccccc2)sc2ccccc21.O=C(CBr)c1ccccc1.[Br-]. The first-order valence-corrected chi connectivity index (χ1v) is 19.4. The molecule has 1 unspecified atom stereocenters. The van der Waals surface area contributed by atoms with Crippen LogP contribution in [0, 0.1) is 0 Å². The van der Waals surface area contributed by atoms with Gasteiger partial charge in [0.05, 0.1) is 16.6 Å². The molecule has 0 fully saturated rings. The number of hydrogen-bond donors (Lipinski definition) is 0. The molecule has 6 aromatic carbocycles. The molecule has 0 saturated heterocycles. The van der Waals surface area contributed by atoms with E-state index in [0.717, 1.165) is 11.1 Å². The third kappa shape index (κ3) is 10.8. The number of rotatable bonds is 5. The molecule has 0 radical (unpaired) electrons. The van der Waals surface area contributed by atoms with Crippen LogP contribution in [0.25, 0.3) is 20.8 Å². The van der Waals surface area contributed by atoms with Crippen molar-refractivity contribution < 1.29 is 31.1 Å². The van der Waals surface area contributed by atoms with Crippen LogP contribution in [0.3, 0.4) is 0 Å². The predicted octanol–water partition coefficient (Wildman–Crippen LogP) is 8.48. The smallest absolute Gasteiger partial charge is 0.269 e. The van der Waals surface area contributed by atoms with E-state index in [1.54, 1.807) is 6.92 Å². The van der Waals surface area contributed by atoms with Crippen molar-refractivity contribution >= 4 is 66.5 Å². The highest BCUT2D eigenvalue weighted by atomic mass is 79.9. The summed E-state index contributed by atoms with van der Waals surface area (Å²) in [6, 6.07) is 56.7. The lowest BCUT2D eigenvalue weighted by molar-refractivity contribution is -0.629. The van der Waals surface area contributed by atoms with Crippen molar-refractivity contribution in [2.75, 3.05) is 17.3 Å². The molecule has 1 aliphatic heterocycles. The Morgan fingerprint density at radius 2 is 1.17 bits per heavy atom. The summed E-state index contributed by atoms with van der Waals surface area (Å²) in [6.45, 7) is 1.56. The molecule has 0 amide bonds. The molecule has 4 nitrogen and oxygen atoms in total. The van der Waals surface area contributed by atoms with E-state index >= 15 is 0 Å². The highest BCUT2D eigenvalue weighted by Crippen LogP contribution is 2.50. The monoisotopic (exact) mass is 850 g/mol. The number of hydrogen-bond acceptors (Lipinski definition) is 5. The number of Topliss-reactive ketones (excluding diaryl/α,β-unsaturated/α-hetero) is 2. The summed E-state index contributed by atoms with van der Waals surface area (Å²) in [5, 5.41) is 2.12. The molecule has 1 aromatic heterocycles. The molecule has 1 aliphatic rings. The van der Waals surface area contributed by atoms with Gasteiger partial charge in [-0.05, 0) is 42.8 Å². The minimum absolute atomic E-state index is 0. The normalized spacial score (nSPS) is 12.4. The Kier molecular flexibility index (Phi) is 16.0. The Bertz CT molecular complexity index is 2150. The molecular weight excluding hydrogens is 812 g/mol. The van der Waals surface area contributed by atoms with E-state index in [2.05, 4.69) is 149 Å². The second-order valence-electron chi connectivity index (χ2n) is 11.6. The van der Waals surface area contributed by atoms with E-state index in [-0.39, 0.29) is 28.5 Å². The summed E-state index contributed by atoms with van der Waals surface area (Å²) < 4.78 is 3.60. The van der Waals surface area contributed by atoms with Gasteiger partial charge in [0.2, 0.25) is 5.52 Å². The number of benzene rings is 6. The third-order valence-electron chi connectivity index (χ3n) is 8.08. The molecular formula is C44H40Br2N2O2S2. The molecule has 8 rings (SSSR count). The number of alkyl halides is 1. The van der Waals surface area contributed by atoms with Gasteiger partial charge in [0, 0.05) is 29.1 Å². The molecule has 52 heavy (non-hydrogen) atoms. The zero-order valence-corrected chi connectivity index (χ0v) is 34.0. The van der Waals surface area contributed by atoms with Crippen molar-refractivity contribution in [3.05, 3.63) is 187 Å². The van der Waals surface area contributed by atoms with Crippen molar-refractivity contribution in [3.8, 4) is 10.6 Å². The van der Waals surface area contributed by atoms with Crippen LogP contribution in [0.1, 0.15) is 38.6 Å². The van der Waals surface area contributed by atoms with Gasteiger partial charge in [0.15, 0.2) is 11.6 Å². The summed E-state index contributed by atoms with van der Waals surface area (Å²) in [5.41, 5.74) is 6.82. The summed E-state index contributed by atoms with van der Waals surface area (Å²) in [7, 11) is 4.29. The van der Waals surface area contributed by atoms with E-state index in [4.69, 9.17) is 0 Å². The number of halogens is 2. The van der Waals surface area contributed by atoms with E-state index in [9.17, 15) is 9.59 Å². The molecule has 8 heteroatoms. The number of nitrogens with zero attached hydrogens (tertiary/aromatic N) is 2. The van der Waals surface area contributed by atoms with E-state index in [0.29, 0.717) is 10.7 Å². The molecule has 0 saturated carbocycles. The van der Waals surface area contributed by atoms with Gasteiger partial charge in [0.25, 0.3) is 5.01 Å². The van der Waals surface area contributed by atoms with Crippen LogP contribution in [0.2, 0.25) is 0 Å². The van der Waals surface area contributed by atoms with Crippen LogP contribution in [-0.2, 0) is 7.05 Å². The Labute approximate surface area is 334 Å². The van der Waals surface area contributed by atoms with Gasteiger partial charge in [-0.1, -0.05) is 172 Å². The van der Waals surface area contributed by atoms with Crippen molar-refractivity contribution in [3.63, 3.8) is 0 Å². The zero-order valence-electron chi connectivity index (χ0n) is 29.2. The molecule has 2 heterocycles. The highest BCUT2D eigenvalue weighted by molar-refractivity contribution is 9.09. The summed E-state index contributed by atoms with van der Waals surface area (Å²) in [4.78, 5) is 25.3. The second kappa shape index (κ2) is 20.6. The van der Waals surface area contributed by atoms with Gasteiger partial charge in [-0.2, -0.15) is 4.57 Å². The van der Waals surface area contributed by atoms with E-state index in [1.165, 1.54) is 36.9 Å². The third-order valence-corrected chi connectivity index (χ3v) is 11.3. The van der Waals surface area contributed by atoms with Crippen LogP contribution >= 0.6 is 39.0 Å². The number of para-hydroxylation sites is 2. The first-order valence-electron chi connectivity index (χ1n) is 16.5. The lowest BCUT2D eigenvalue weighted by atomic mass is 10.2. The van der Waals surface area contributed by atoms with Gasteiger partial charge in [-0.3, -0.25) is 9.59 Å². The van der Waals surface area contributed by atoms with Crippen LogP contribution in [0.5, 0.6) is 0 Å². The maximum absolute atomic E-state index is 11.0. The number of ketones is 2. The predicted molar refractivity (Wildman–Crippen MR) is 219 cm³/mol. The van der Waals surface area contributed by atoms with E-state index < -0.39 is 0 Å². The van der Waals surface area contributed by atoms with Gasteiger partial charge in [0.1, 0.15) is 17.1 Å². The Balaban J connectivity index is 0.000000159. The number of aryl methyl sites for hydroxylation is 1. The fourth-order valence-electron chi connectivity index (χ4n) is 5.39. The average Bonchev–Trinajstić information content (AvgIpc) is 3.72. The minimum Gasteiger partial charge on any atom is -1.00 e. The van der Waals surface area contributed by atoms with Crippen molar-refractivity contribution in [2.24, 2.45) is 7.05 Å². The van der Waals surface area contributed by atoms with Crippen LogP contribution < -0.4 is 26.4 Å². The number of carbonyl (C=O) groups is 2. The van der Waals surface area contributed by atoms with Crippen LogP contribution in [-0.4, -0.2) is 23.9 Å². The Hall–Kier alpha value is -4.34. The standard InChI is InChI=1S/C14H13NS.C14H12NS.C8H7BrO.C8H8O.BrH/c2*1-15-12-9-5-6-10-13(12)16-14(15)11-7-3-2-4-8-11;9-6-8(10)7-4-2-1-3-5-7;1-7(9)8-5-3-2-4-6-8;/h2-10,14H,1H3;2-10H,1H3;1-5H,6H2;2-6H,1H3;1H/q;+1;;;/p-1. The number of thiazole rings is 1. The molecule has 1 atom stereocenters. The Morgan fingerprint density at radius 3 is 1.71 bits per heavy atom. The average molecular weight is 853 g/mol. The Morgan fingerprint density at radius 1 is 0.673 bits per heavy atom. The van der Waals surface area contributed by atoms with Crippen LogP contribution in [0.4, 0.5) is 5.69 Å². The number of anilines is 1. The molecule has 0 spiro atoms. The lowest BCUT2D eigenvalue weighted by Crippen LogP contribution is -3.00. The summed E-state index contributed by atoms with van der Waals surface area (Å²) in [6.07, 6.45) is 0. The topological polar surface area (TPSA) is 41.3 Å². The van der Waals surface area contributed by atoms with Crippen molar-refractivity contribution in [2.45, 2.75) is 17.2 Å². The summed E-state index contributed by atoms with van der Waals surface area (Å²) >= 11 is 6.87. The van der Waals surface area contributed by atoms with Gasteiger partial charge in [-0.25, -0.2) is 0 Å². The molecule has 0 N–H and O–H groups in total. The number of aromatic nitrogens is 1.